The highest BCUT2D eigenvalue weighted by molar-refractivity contribution is 7.89. The molecule has 1 rings (SSSR count). The van der Waals surface area contributed by atoms with Gasteiger partial charge in [-0.15, -0.1) is 0 Å². The minimum absolute atomic E-state index is 0.00669. The number of aryl methyl sites for hydroxylation is 1. The van der Waals surface area contributed by atoms with Crippen molar-refractivity contribution in [3.63, 3.8) is 0 Å². The average Bonchev–Trinajstić information content (AvgIpc) is 2.65. The van der Waals surface area contributed by atoms with Gasteiger partial charge in [-0.25, -0.2) is 12.7 Å². The summed E-state index contributed by atoms with van der Waals surface area (Å²) in [6, 6.07) is 1.49. The monoisotopic (exact) mass is 457 g/mol. The Morgan fingerprint density at radius 3 is 2.33 bits per heavy atom. The quantitative estimate of drug-likeness (QED) is 0.400. The molecule has 0 atom stereocenters. The molecular formula is C16H24F3N4O6S+. The lowest BCUT2D eigenvalue weighted by molar-refractivity contribution is -0.753. The van der Waals surface area contributed by atoms with Crippen LogP contribution in [-0.4, -0.2) is 74.5 Å². The van der Waals surface area contributed by atoms with Gasteiger partial charge in [0, 0.05) is 26.7 Å². The van der Waals surface area contributed by atoms with Crippen LogP contribution in [0.25, 0.3) is 0 Å². The number of amides is 1. The lowest BCUT2D eigenvalue weighted by atomic mass is 10.3. The highest BCUT2D eigenvalue weighted by atomic mass is 32.2. The first-order valence-corrected chi connectivity index (χ1v) is 9.87. The Morgan fingerprint density at radius 2 is 1.97 bits per heavy atom. The van der Waals surface area contributed by atoms with Crippen molar-refractivity contribution in [2.45, 2.75) is 19.1 Å². The molecule has 0 aliphatic rings. The lowest BCUT2D eigenvalue weighted by Gasteiger charge is -2.11. The van der Waals surface area contributed by atoms with Crippen LogP contribution >= 0.6 is 0 Å². The summed E-state index contributed by atoms with van der Waals surface area (Å²) in [6.07, 6.45) is -1.67. The summed E-state index contributed by atoms with van der Waals surface area (Å²) in [5.41, 5.74) is 0.272. The van der Waals surface area contributed by atoms with Gasteiger partial charge in [-0.1, -0.05) is 11.3 Å². The maximum Gasteiger partial charge on any atom is 0.448 e. The molecule has 1 heterocycles. The molecule has 0 saturated carbocycles. The number of carboxylic acid groups (broad SMARTS) is 1. The van der Waals surface area contributed by atoms with E-state index >= 15 is 0 Å². The molecule has 0 bridgehead atoms. The van der Waals surface area contributed by atoms with Gasteiger partial charge in [0.1, 0.15) is 12.6 Å². The highest BCUT2D eigenvalue weighted by Gasteiger charge is 2.33. The summed E-state index contributed by atoms with van der Waals surface area (Å²) in [5.74, 6) is -2.73. The van der Waals surface area contributed by atoms with Crippen molar-refractivity contribution in [1.82, 2.24) is 14.7 Å². The predicted molar refractivity (Wildman–Crippen MR) is 98.7 cm³/mol. The van der Waals surface area contributed by atoms with Crippen molar-refractivity contribution < 1.29 is 45.7 Å². The van der Waals surface area contributed by atoms with E-state index in [4.69, 9.17) is 5.11 Å². The van der Waals surface area contributed by atoms with Crippen LogP contribution < -0.4 is 10.00 Å². The number of sulfonamides is 1. The Kier molecular flexibility index (Phi) is 11.0. The van der Waals surface area contributed by atoms with Gasteiger partial charge in [0.15, 0.2) is 18.5 Å². The van der Waals surface area contributed by atoms with Gasteiger partial charge in [-0.2, -0.15) is 13.2 Å². The topological polar surface area (TPSA) is 130 Å². The number of alkyl halides is 3. The second kappa shape index (κ2) is 12.1. The van der Waals surface area contributed by atoms with Gasteiger partial charge < -0.3 is 15.2 Å². The number of aromatic nitrogens is 2. The Hall–Kier alpha value is -2.74. The number of allylic oxidation sites excluding steroid dienone is 1. The third-order valence-corrected chi connectivity index (χ3v) is 5.19. The molecule has 0 aromatic carbocycles. The SMILES string of the molecule is C=C(OC)C(F)(F)F.CN(C)S(=O)(=O)CCNC(=O)c1cc[n+](CCC(=O)O)nc1. The first-order chi connectivity index (χ1) is 13.7. The summed E-state index contributed by atoms with van der Waals surface area (Å²) in [6.45, 7) is 2.80. The number of carbonyl (C=O) groups is 2. The molecule has 1 aromatic heterocycles. The van der Waals surface area contributed by atoms with Crippen LogP contribution in [0, 0.1) is 0 Å². The summed E-state index contributed by atoms with van der Waals surface area (Å²) >= 11 is 0. The lowest BCUT2D eigenvalue weighted by Crippen LogP contribution is -2.39. The first-order valence-electron chi connectivity index (χ1n) is 8.26. The van der Waals surface area contributed by atoms with Crippen LogP contribution in [0.4, 0.5) is 13.2 Å². The maximum atomic E-state index is 11.8. The number of hydrogen-bond donors (Lipinski definition) is 2. The fourth-order valence-electron chi connectivity index (χ4n) is 1.55. The molecule has 0 unspecified atom stereocenters. The number of nitrogens with one attached hydrogen (secondary N) is 1. The molecule has 0 aliphatic carbocycles. The van der Waals surface area contributed by atoms with Crippen molar-refractivity contribution >= 4 is 21.9 Å². The fourth-order valence-corrected chi connectivity index (χ4v) is 2.28. The zero-order chi connectivity index (χ0) is 23.5. The number of ether oxygens (including phenoxy) is 1. The number of aliphatic carboxylic acids is 1. The van der Waals surface area contributed by atoms with E-state index in [1.54, 1.807) is 0 Å². The minimum atomic E-state index is -4.41. The molecule has 170 valence electrons. The van der Waals surface area contributed by atoms with Crippen LogP contribution in [0.5, 0.6) is 0 Å². The van der Waals surface area contributed by atoms with Gasteiger partial charge in [0.2, 0.25) is 10.0 Å². The number of methoxy groups -OCH3 is 1. The number of nitrogens with zero attached hydrogens (tertiary/aromatic N) is 3. The van der Waals surface area contributed by atoms with Gasteiger partial charge in [0.05, 0.1) is 18.4 Å². The average molecular weight is 457 g/mol. The Labute approximate surface area is 172 Å². The smallest absolute Gasteiger partial charge is 0.448 e. The highest BCUT2D eigenvalue weighted by Crippen LogP contribution is 2.23. The number of halogens is 3. The zero-order valence-corrected chi connectivity index (χ0v) is 17.5. The molecule has 0 spiro atoms. The predicted octanol–water partition coefficient (Wildman–Crippen LogP) is 0.174. The van der Waals surface area contributed by atoms with Crippen molar-refractivity contribution in [2.24, 2.45) is 0 Å². The minimum Gasteiger partial charge on any atom is -0.493 e. The molecule has 0 fully saturated rings. The standard InChI is InChI=1S/C12H18N4O5S.C4H5F3O/c1-15(2)22(20,21)8-5-13-12(19)10-3-6-16(14-9-10)7-4-11(17)18;1-3(8-2)4(5,6)7/h3,6,9H,4-5,7-8H2,1-2H3,(H-,13,17,18,19);1H2,2H3/p+1. The van der Waals surface area contributed by atoms with Crippen LogP contribution in [0.15, 0.2) is 30.8 Å². The number of hydrogen-bond acceptors (Lipinski definition) is 6. The van der Waals surface area contributed by atoms with Crippen molar-refractivity contribution in [1.29, 1.82) is 0 Å². The van der Waals surface area contributed by atoms with Gasteiger partial charge in [-0.05, 0) is 5.10 Å². The summed E-state index contributed by atoms with van der Waals surface area (Å²) in [7, 11) is 0.421. The second-order valence-electron chi connectivity index (χ2n) is 5.80. The molecule has 10 nitrogen and oxygen atoms in total. The Bertz CT molecular complexity index is 826. The van der Waals surface area contributed by atoms with Gasteiger partial charge in [0.25, 0.3) is 5.91 Å². The maximum absolute atomic E-state index is 11.8. The summed E-state index contributed by atoms with van der Waals surface area (Å²) < 4.78 is 63.0. The van der Waals surface area contributed by atoms with E-state index < -0.39 is 33.8 Å². The molecule has 1 aromatic rings. The van der Waals surface area contributed by atoms with E-state index in [-0.39, 0.29) is 30.8 Å². The van der Waals surface area contributed by atoms with Crippen LogP contribution in [0.1, 0.15) is 16.8 Å². The molecule has 2 N–H and O–H groups in total. The van der Waals surface area contributed by atoms with E-state index in [0.717, 1.165) is 11.4 Å². The number of rotatable bonds is 9. The third-order valence-electron chi connectivity index (χ3n) is 3.35. The van der Waals surface area contributed by atoms with Gasteiger partial charge >= 0.3 is 12.1 Å². The normalized spacial score (nSPS) is 11.3. The molecule has 1 amide bonds. The molecule has 14 heteroatoms. The molecule has 0 aliphatic heterocycles. The van der Waals surface area contributed by atoms with Crippen LogP contribution in [0.3, 0.4) is 0 Å². The van der Waals surface area contributed by atoms with Crippen molar-refractivity contribution in [2.75, 3.05) is 33.5 Å². The van der Waals surface area contributed by atoms with Crippen molar-refractivity contribution in [3.05, 3.63) is 36.4 Å². The van der Waals surface area contributed by atoms with E-state index in [1.807, 2.05) is 0 Å². The van der Waals surface area contributed by atoms with Gasteiger partial charge in [-0.3, -0.25) is 9.59 Å². The zero-order valence-electron chi connectivity index (χ0n) is 16.6. The van der Waals surface area contributed by atoms with E-state index in [9.17, 15) is 31.2 Å². The Balaban J connectivity index is 0.000000890. The molecule has 30 heavy (non-hydrogen) atoms. The summed E-state index contributed by atoms with van der Waals surface area (Å²) in [4.78, 5) is 22.3. The third kappa shape index (κ3) is 10.7. The van der Waals surface area contributed by atoms with E-state index in [2.05, 4.69) is 21.7 Å². The second-order valence-corrected chi connectivity index (χ2v) is 8.10. The van der Waals surface area contributed by atoms with Crippen LogP contribution in [-0.2, 0) is 26.1 Å². The van der Waals surface area contributed by atoms with E-state index in [0.29, 0.717) is 0 Å². The Morgan fingerprint density at radius 1 is 1.37 bits per heavy atom. The van der Waals surface area contributed by atoms with Crippen LogP contribution in [0.2, 0.25) is 0 Å². The van der Waals surface area contributed by atoms with Crippen molar-refractivity contribution in [3.8, 4) is 0 Å². The summed E-state index contributed by atoms with van der Waals surface area (Å²) in [5, 5.41) is 15.0. The molecule has 0 radical (unpaired) electrons. The fraction of sp³-hybridized carbons (Fsp3) is 0.500. The van der Waals surface area contributed by atoms with E-state index in [1.165, 1.54) is 37.2 Å². The molecule has 0 saturated heterocycles. The number of carboxylic acids is 1. The number of carbonyl (C=O) groups excluding carboxylic acids is 1. The first kappa shape index (κ1) is 27.3. The largest absolute Gasteiger partial charge is 0.493 e. The molecular weight excluding hydrogens is 433 g/mol.